The number of carbonyl (C=O) groups is 2. The third-order valence-corrected chi connectivity index (χ3v) is 2.24. The Kier molecular flexibility index (Phi) is 6.16. The van der Waals surface area contributed by atoms with Gasteiger partial charge in [-0.25, -0.2) is 0 Å². The minimum Gasteiger partial charge on any atom is -0.350 e. The zero-order valence-corrected chi connectivity index (χ0v) is 11.5. The van der Waals surface area contributed by atoms with Gasteiger partial charge in [-0.3, -0.25) is 9.59 Å². The van der Waals surface area contributed by atoms with Gasteiger partial charge < -0.3 is 16.4 Å². The van der Waals surface area contributed by atoms with Gasteiger partial charge in [-0.15, -0.1) is 0 Å². The molecule has 0 spiro atoms. The molecule has 0 bridgehead atoms. The zero-order valence-electron chi connectivity index (χ0n) is 11.5. The Morgan fingerprint density at radius 3 is 2.24 bits per heavy atom. The van der Waals surface area contributed by atoms with Crippen LogP contribution in [0.1, 0.15) is 47.5 Å². The van der Waals surface area contributed by atoms with Crippen LogP contribution in [0.5, 0.6) is 0 Å². The monoisotopic (exact) mass is 243 g/mol. The molecule has 0 aliphatic carbocycles. The highest BCUT2D eigenvalue weighted by atomic mass is 16.2. The summed E-state index contributed by atoms with van der Waals surface area (Å²) in [5.41, 5.74) is 5.37. The molecule has 2 atom stereocenters. The van der Waals surface area contributed by atoms with E-state index >= 15 is 0 Å². The topological polar surface area (TPSA) is 84.2 Å². The summed E-state index contributed by atoms with van der Waals surface area (Å²) in [6, 6.07) is -0.682. The lowest BCUT2D eigenvalue weighted by molar-refractivity contribution is -0.129. The summed E-state index contributed by atoms with van der Waals surface area (Å²) in [6.07, 6.45) is 1.000. The van der Waals surface area contributed by atoms with Crippen LogP contribution in [-0.2, 0) is 9.59 Å². The second-order valence-corrected chi connectivity index (χ2v) is 5.40. The van der Waals surface area contributed by atoms with Crippen molar-refractivity contribution in [2.75, 3.05) is 0 Å². The van der Waals surface area contributed by atoms with Crippen LogP contribution in [0.25, 0.3) is 0 Å². The first kappa shape index (κ1) is 15.9. The Morgan fingerprint density at radius 1 is 1.29 bits per heavy atom. The normalized spacial score (nSPS) is 14.9. The van der Waals surface area contributed by atoms with E-state index in [1.54, 1.807) is 6.92 Å². The average Bonchev–Trinajstić information content (AvgIpc) is 2.14. The van der Waals surface area contributed by atoms with Crippen LogP contribution in [0, 0.1) is 0 Å². The summed E-state index contributed by atoms with van der Waals surface area (Å²) in [5.74, 6) is -0.369. The Balaban J connectivity index is 4.12. The fraction of sp³-hybridized carbons (Fsp3) is 0.833. The molecule has 0 aromatic heterocycles. The van der Waals surface area contributed by atoms with Gasteiger partial charge in [-0.05, 0) is 34.1 Å². The Labute approximate surface area is 104 Å². The summed E-state index contributed by atoms with van der Waals surface area (Å²) in [6.45, 7) is 9.27. The highest BCUT2D eigenvalue weighted by Crippen LogP contribution is 2.00. The molecule has 0 aromatic rings. The molecule has 0 saturated heterocycles. The average molecular weight is 243 g/mol. The fourth-order valence-electron chi connectivity index (χ4n) is 1.23. The third-order valence-electron chi connectivity index (χ3n) is 2.24. The maximum Gasteiger partial charge on any atom is 0.242 e. The van der Waals surface area contributed by atoms with E-state index in [0.717, 1.165) is 6.42 Å². The molecule has 100 valence electrons. The van der Waals surface area contributed by atoms with Crippen molar-refractivity contribution in [1.29, 1.82) is 0 Å². The number of nitrogens with one attached hydrogen (secondary N) is 2. The van der Waals surface area contributed by atoms with Crippen LogP contribution in [0.2, 0.25) is 0 Å². The first-order chi connectivity index (χ1) is 7.65. The lowest BCUT2D eigenvalue weighted by Gasteiger charge is -2.24. The number of amides is 2. The largest absolute Gasteiger partial charge is 0.350 e. The molecule has 4 N–H and O–H groups in total. The van der Waals surface area contributed by atoms with Crippen LogP contribution in [0.3, 0.4) is 0 Å². The molecular weight excluding hydrogens is 218 g/mol. The number of carbonyl (C=O) groups excluding carboxylic acids is 2. The summed E-state index contributed by atoms with van der Waals surface area (Å²) >= 11 is 0. The van der Waals surface area contributed by atoms with Crippen molar-refractivity contribution < 1.29 is 9.59 Å². The molecular formula is C12H25N3O2. The number of hydrogen-bond donors (Lipinski definition) is 3. The SMILES string of the molecule is CCC(N)CC(=O)NC(C)C(=O)NC(C)(C)C. The zero-order chi connectivity index (χ0) is 13.6. The van der Waals surface area contributed by atoms with E-state index in [1.807, 2.05) is 27.7 Å². The minimum absolute atomic E-state index is 0.145. The van der Waals surface area contributed by atoms with Gasteiger partial charge in [0, 0.05) is 18.0 Å². The Hall–Kier alpha value is -1.10. The van der Waals surface area contributed by atoms with E-state index in [-0.39, 0.29) is 29.8 Å². The number of hydrogen-bond acceptors (Lipinski definition) is 3. The van der Waals surface area contributed by atoms with Gasteiger partial charge in [0.15, 0.2) is 0 Å². The summed E-state index contributed by atoms with van der Waals surface area (Å²) in [5, 5.41) is 5.44. The molecule has 0 aliphatic heterocycles. The molecule has 0 aliphatic rings. The predicted octanol–water partition coefficient (Wildman–Crippen LogP) is 0.533. The molecule has 0 rings (SSSR count). The van der Waals surface area contributed by atoms with Crippen molar-refractivity contribution in [3.8, 4) is 0 Å². The Bertz CT molecular complexity index is 271. The van der Waals surface area contributed by atoms with E-state index in [2.05, 4.69) is 10.6 Å². The van der Waals surface area contributed by atoms with Gasteiger partial charge in [0.1, 0.15) is 6.04 Å². The smallest absolute Gasteiger partial charge is 0.242 e. The molecule has 0 fully saturated rings. The van der Waals surface area contributed by atoms with Gasteiger partial charge in [0.25, 0.3) is 0 Å². The van der Waals surface area contributed by atoms with Crippen molar-refractivity contribution in [2.24, 2.45) is 5.73 Å². The highest BCUT2D eigenvalue weighted by Gasteiger charge is 2.20. The minimum atomic E-state index is -0.536. The van der Waals surface area contributed by atoms with Gasteiger partial charge in [-0.1, -0.05) is 6.92 Å². The molecule has 5 nitrogen and oxygen atoms in total. The van der Waals surface area contributed by atoms with E-state index in [0.29, 0.717) is 0 Å². The maximum atomic E-state index is 11.7. The fourth-order valence-corrected chi connectivity index (χ4v) is 1.23. The predicted molar refractivity (Wildman–Crippen MR) is 68.4 cm³/mol. The van der Waals surface area contributed by atoms with Gasteiger partial charge in [0.05, 0.1) is 0 Å². The summed E-state index contributed by atoms with van der Waals surface area (Å²) in [4.78, 5) is 23.2. The molecule has 0 saturated carbocycles. The summed E-state index contributed by atoms with van der Waals surface area (Å²) in [7, 11) is 0. The van der Waals surface area contributed by atoms with Crippen molar-refractivity contribution in [3.63, 3.8) is 0 Å². The van der Waals surface area contributed by atoms with Gasteiger partial charge >= 0.3 is 0 Å². The number of rotatable bonds is 5. The van der Waals surface area contributed by atoms with Crippen LogP contribution in [0.4, 0.5) is 0 Å². The first-order valence-electron chi connectivity index (χ1n) is 6.02. The second kappa shape index (κ2) is 6.59. The molecule has 0 radical (unpaired) electrons. The van der Waals surface area contributed by atoms with E-state index in [9.17, 15) is 9.59 Å². The molecule has 2 amide bonds. The van der Waals surface area contributed by atoms with Crippen LogP contribution >= 0.6 is 0 Å². The maximum absolute atomic E-state index is 11.7. The van der Waals surface area contributed by atoms with Crippen molar-refractivity contribution in [3.05, 3.63) is 0 Å². The molecule has 2 unspecified atom stereocenters. The van der Waals surface area contributed by atoms with E-state index < -0.39 is 6.04 Å². The van der Waals surface area contributed by atoms with Gasteiger partial charge in [0.2, 0.25) is 11.8 Å². The van der Waals surface area contributed by atoms with Crippen LogP contribution in [-0.4, -0.2) is 29.4 Å². The second-order valence-electron chi connectivity index (χ2n) is 5.40. The quantitative estimate of drug-likeness (QED) is 0.658. The molecule has 17 heavy (non-hydrogen) atoms. The van der Waals surface area contributed by atoms with Crippen molar-refractivity contribution in [2.45, 2.75) is 65.1 Å². The van der Waals surface area contributed by atoms with E-state index in [4.69, 9.17) is 5.73 Å². The summed E-state index contributed by atoms with van der Waals surface area (Å²) < 4.78 is 0. The lowest BCUT2D eigenvalue weighted by Crippen LogP contribution is -2.51. The van der Waals surface area contributed by atoms with E-state index in [1.165, 1.54) is 0 Å². The third kappa shape index (κ3) is 7.74. The van der Waals surface area contributed by atoms with Gasteiger partial charge in [-0.2, -0.15) is 0 Å². The molecule has 0 heterocycles. The molecule has 5 heteroatoms. The standard InChI is InChI=1S/C12H25N3O2/c1-6-9(13)7-10(16)14-8(2)11(17)15-12(3,4)5/h8-9H,6-7,13H2,1-5H3,(H,14,16)(H,15,17). The highest BCUT2D eigenvalue weighted by molar-refractivity contribution is 5.87. The van der Waals surface area contributed by atoms with Crippen molar-refractivity contribution >= 4 is 11.8 Å². The Morgan fingerprint density at radius 2 is 1.82 bits per heavy atom. The molecule has 0 aromatic carbocycles. The lowest BCUT2D eigenvalue weighted by atomic mass is 10.1. The van der Waals surface area contributed by atoms with Crippen LogP contribution in [0.15, 0.2) is 0 Å². The number of nitrogens with two attached hydrogens (primary N) is 1. The van der Waals surface area contributed by atoms with Crippen LogP contribution < -0.4 is 16.4 Å². The first-order valence-corrected chi connectivity index (χ1v) is 6.02. The van der Waals surface area contributed by atoms with Crippen molar-refractivity contribution in [1.82, 2.24) is 10.6 Å².